The molecule has 0 unspecified atom stereocenters. The van der Waals surface area contributed by atoms with Crippen LogP contribution < -0.4 is 47.4 Å². The molecule has 8 aromatic rings. The first-order valence-electron chi connectivity index (χ1n) is 38.0. The molecule has 8 aliphatic carbocycles. The molecule has 0 bridgehead atoms. The molecule has 9 heterocycles. The minimum atomic E-state index is 0. The van der Waals surface area contributed by atoms with Gasteiger partial charge in [-0.25, -0.2) is 15.0 Å². The number of aromatic nitrogens is 16. The van der Waals surface area contributed by atoms with E-state index in [0.29, 0.717) is 165 Å². The SMILES string of the molecule is C.C.CO.C[C@@H](Nc1nc(N[C@H](C)C2CC2)nc(-c2cccc(Cl)n2)n1)C1CC1.C[C@@H](Nc1nc(N[C@H](C)C2CC2)nc(-c2cccc(Cl)n2)n1)C1CC1.C[C@@H](Nc1nc(N[C@H](C)C2CC2)nc(-c2cccc(N3CCC3)n2)n1)C1CC1.C[C@@H](Nc1nc(N[C@H](C)C2CC2)nc(-c2ccccn2)n1)C1CC1. The number of hydrogen-bond acceptors (Lipinski definition) is 26. The largest absolute Gasteiger partial charge is 0.400 e. The molecular formula is C78H111Cl2N25O. The van der Waals surface area contributed by atoms with Crippen LogP contribution in [0.25, 0.3) is 46.1 Å². The van der Waals surface area contributed by atoms with E-state index in [1.165, 1.54) is 109 Å². The van der Waals surface area contributed by atoms with E-state index < -0.39 is 0 Å². The van der Waals surface area contributed by atoms with E-state index >= 15 is 0 Å². The van der Waals surface area contributed by atoms with Gasteiger partial charge < -0.3 is 52.5 Å². The van der Waals surface area contributed by atoms with E-state index in [0.717, 1.165) is 61.1 Å². The number of halogens is 2. The molecule has 0 spiro atoms. The third-order valence-electron chi connectivity index (χ3n) is 21.0. The fourth-order valence-corrected chi connectivity index (χ4v) is 13.0. The van der Waals surface area contributed by atoms with Crippen molar-refractivity contribution in [2.75, 3.05) is 67.6 Å². The highest BCUT2D eigenvalue weighted by Crippen LogP contribution is 2.40. The van der Waals surface area contributed by atoms with Crippen molar-refractivity contribution in [2.45, 2.75) is 228 Å². The Labute approximate surface area is 636 Å². The average molecular weight is 1490 g/mol. The lowest BCUT2D eigenvalue weighted by atomic mass is 10.2. The molecule has 9 aliphatic rings. The summed E-state index contributed by atoms with van der Waals surface area (Å²) < 4.78 is 0. The van der Waals surface area contributed by atoms with Gasteiger partial charge in [-0.05, 0) is 260 Å². The number of aliphatic hydroxyl groups is 1. The average Bonchev–Trinajstić information content (AvgIpc) is 1.59. The molecule has 568 valence electrons. The maximum Gasteiger partial charge on any atom is 0.228 e. The zero-order chi connectivity index (χ0) is 72.4. The van der Waals surface area contributed by atoms with Crippen LogP contribution in [0.2, 0.25) is 10.3 Å². The van der Waals surface area contributed by atoms with Crippen LogP contribution in [-0.4, -0.2) is 153 Å². The number of rotatable bonds is 29. The van der Waals surface area contributed by atoms with Crippen LogP contribution in [0.15, 0.2) is 79.0 Å². The van der Waals surface area contributed by atoms with E-state index in [1.54, 1.807) is 18.3 Å². The Morgan fingerprint density at radius 3 is 0.755 bits per heavy atom. The molecule has 17 rings (SSSR count). The molecule has 8 saturated carbocycles. The lowest BCUT2D eigenvalue weighted by molar-refractivity contribution is 0.399. The smallest absolute Gasteiger partial charge is 0.228 e. The Morgan fingerprint density at radius 2 is 0.538 bits per heavy atom. The van der Waals surface area contributed by atoms with Gasteiger partial charge in [-0.2, -0.15) is 59.8 Å². The van der Waals surface area contributed by atoms with Gasteiger partial charge in [-0.15, -0.1) is 0 Å². The van der Waals surface area contributed by atoms with Gasteiger partial charge in [0.1, 0.15) is 38.9 Å². The van der Waals surface area contributed by atoms with Gasteiger partial charge in [0.2, 0.25) is 47.6 Å². The molecule has 8 aromatic heterocycles. The molecule has 0 radical (unpaired) electrons. The van der Waals surface area contributed by atoms with E-state index in [-0.39, 0.29) is 14.9 Å². The Hall–Kier alpha value is -8.62. The van der Waals surface area contributed by atoms with Gasteiger partial charge in [0.25, 0.3) is 0 Å². The highest BCUT2D eigenvalue weighted by Gasteiger charge is 2.35. The molecule has 9 N–H and O–H groups in total. The Balaban J connectivity index is 0.000000139. The number of anilines is 9. The molecule has 1 aliphatic heterocycles. The number of pyridine rings is 4. The number of hydrogen-bond donors (Lipinski definition) is 9. The molecular weight excluding hydrogens is 1370 g/mol. The summed E-state index contributed by atoms with van der Waals surface area (Å²) in [6.07, 6.45) is 23.5. The minimum Gasteiger partial charge on any atom is -0.400 e. The quantitative estimate of drug-likeness (QED) is 0.0197. The van der Waals surface area contributed by atoms with E-state index in [4.69, 9.17) is 43.3 Å². The van der Waals surface area contributed by atoms with Crippen LogP contribution in [0.4, 0.5) is 53.4 Å². The number of aliphatic hydroxyl groups excluding tert-OH is 1. The van der Waals surface area contributed by atoms with Gasteiger partial charge in [0.05, 0.1) is 0 Å². The van der Waals surface area contributed by atoms with E-state index in [9.17, 15) is 0 Å². The van der Waals surface area contributed by atoms with Crippen molar-refractivity contribution in [3.63, 3.8) is 0 Å². The van der Waals surface area contributed by atoms with Crippen molar-refractivity contribution in [3.8, 4) is 46.1 Å². The summed E-state index contributed by atoms with van der Waals surface area (Å²) in [5.74, 6) is 14.1. The van der Waals surface area contributed by atoms with Crippen molar-refractivity contribution in [3.05, 3.63) is 89.3 Å². The standard InChI is InChI=1S/C21H29N7.2C18H23ClN6.C18H24N6.CH4O.2CH4/c1-13(15-7-8-15)22-20-25-19(26-21(27-20)23-14(2)16-9-10-16)17-5-3-6-18(24-17)28-11-4-12-28;2*1-10(12-6-7-12)20-17-23-16(14-4-3-5-15(19)22-14)24-18(25-17)21-11(2)13-8-9-13;1-11(13-6-7-13)20-17-22-16(15-5-3-4-10-19-15)23-18(24-17)21-12(2)14-8-9-14;1-2;;/h3,5-6,13-16H,4,7-12H2,1-2H3,(H2,22,23,25,26,27);2*3-5,10-13H,6-9H2,1-2H3,(H2,20,21,23,24,25);3-5,10-14H,6-9H2,1-2H3,(H2,20,21,22,23,24);2H,1H3;2*1H4/t13-,14-;2*10-,11-;11-,12-;;;/m1111.../s1. The normalized spacial score (nSPS) is 19.2. The van der Waals surface area contributed by atoms with Crippen LogP contribution in [0.1, 0.15) is 179 Å². The molecule has 106 heavy (non-hydrogen) atoms. The summed E-state index contributed by atoms with van der Waals surface area (Å²) in [6, 6.07) is 25.8. The Kier molecular flexibility index (Phi) is 26.9. The fourth-order valence-electron chi connectivity index (χ4n) is 12.6. The molecule has 0 amide bonds. The summed E-state index contributed by atoms with van der Waals surface area (Å²) >= 11 is 12.1. The van der Waals surface area contributed by atoms with Gasteiger partial charge in [0.15, 0.2) is 23.3 Å². The summed E-state index contributed by atoms with van der Waals surface area (Å²) in [5, 5.41) is 35.4. The second-order valence-corrected chi connectivity index (χ2v) is 30.8. The summed E-state index contributed by atoms with van der Waals surface area (Å²) in [4.78, 5) is 75.4. The Morgan fingerprint density at radius 1 is 0.302 bits per heavy atom. The van der Waals surface area contributed by atoms with Gasteiger partial charge in [0, 0.05) is 74.7 Å². The lowest BCUT2D eigenvalue weighted by Crippen LogP contribution is -2.37. The zero-order valence-corrected chi connectivity index (χ0v) is 63.0. The second kappa shape index (κ2) is 36.3. The lowest BCUT2D eigenvalue weighted by Gasteiger charge is -2.32. The number of nitrogens with one attached hydrogen (secondary N) is 8. The molecule has 28 heteroatoms. The molecule has 0 aromatic carbocycles. The van der Waals surface area contributed by atoms with Gasteiger partial charge >= 0.3 is 0 Å². The third-order valence-corrected chi connectivity index (χ3v) is 21.4. The highest BCUT2D eigenvalue weighted by molar-refractivity contribution is 6.29. The number of nitrogens with zero attached hydrogens (tertiary/aromatic N) is 17. The first-order chi connectivity index (χ1) is 50.5. The van der Waals surface area contributed by atoms with Gasteiger partial charge in [-0.1, -0.05) is 62.3 Å². The predicted molar refractivity (Wildman–Crippen MR) is 427 cm³/mol. The van der Waals surface area contributed by atoms with Crippen molar-refractivity contribution in [2.24, 2.45) is 47.3 Å². The topological polar surface area (TPSA) is 326 Å². The van der Waals surface area contributed by atoms with E-state index in [2.05, 4.69) is 174 Å². The molecule has 26 nitrogen and oxygen atoms in total. The van der Waals surface area contributed by atoms with E-state index in [1.807, 2.05) is 54.6 Å². The van der Waals surface area contributed by atoms with Gasteiger partial charge in [-0.3, -0.25) is 4.98 Å². The van der Waals surface area contributed by atoms with Crippen LogP contribution in [0.3, 0.4) is 0 Å². The van der Waals surface area contributed by atoms with Crippen molar-refractivity contribution in [1.29, 1.82) is 0 Å². The molecule has 1 saturated heterocycles. The second-order valence-electron chi connectivity index (χ2n) is 30.0. The van der Waals surface area contributed by atoms with Crippen LogP contribution >= 0.6 is 23.2 Å². The first-order valence-corrected chi connectivity index (χ1v) is 38.8. The summed E-state index contributed by atoms with van der Waals surface area (Å²) in [7, 11) is 1.00. The third kappa shape index (κ3) is 23.2. The Bertz CT molecular complexity index is 3830. The molecule has 9 fully saturated rings. The van der Waals surface area contributed by atoms with Crippen LogP contribution in [-0.2, 0) is 0 Å². The monoisotopic (exact) mass is 1480 g/mol. The summed E-state index contributed by atoms with van der Waals surface area (Å²) in [6.45, 7) is 19.7. The fraction of sp³-hybridized carbons (Fsp3) is 0.590. The maximum atomic E-state index is 7.00. The van der Waals surface area contributed by atoms with Crippen molar-refractivity contribution >= 4 is 76.6 Å². The minimum absolute atomic E-state index is 0. The van der Waals surface area contributed by atoms with Crippen LogP contribution in [0.5, 0.6) is 0 Å². The maximum absolute atomic E-state index is 7.00. The van der Waals surface area contributed by atoms with Crippen LogP contribution in [0, 0.1) is 47.3 Å². The predicted octanol–water partition coefficient (Wildman–Crippen LogP) is 15.8. The first kappa shape index (κ1) is 78.5. The zero-order valence-electron chi connectivity index (χ0n) is 61.5. The molecule has 8 atom stereocenters. The highest BCUT2D eigenvalue weighted by atomic mass is 35.5. The van der Waals surface area contributed by atoms with Crippen molar-refractivity contribution in [1.82, 2.24) is 79.7 Å². The summed E-state index contributed by atoms with van der Waals surface area (Å²) in [5.41, 5.74) is 2.87. The van der Waals surface area contributed by atoms with Crippen molar-refractivity contribution < 1.29 is 5.11 Å².